The molecular formula is C19H27ClN6OS. The minimum atomic E-state index is -0.0789. The third-order valence-electron chi connectivity index (χ3n) is 6.19. The first-order valence-electron chi connectivity index (χ1n) is 9.99. The van der Waals surface area contributed by atoms with Crippen LogP contribution >= 0.6 is 23.7 Å². The molecule has 2 aromatic heterocycles. The van der Waals surface area contributed by atoms with E-state index in [0.29, 0.717) is 6.04 Å². The monoisotopic (exact) mass is 422 g/mol. The summed E-state index contributed by atoms with van der Waals surface area (Å²) in [5.74, 6) is 1.21. The van der Waals surface area contributed by atoms with E-state index >= 15 is 0 Å². The number of anilines is 1. The molecule has 3 aliphatic rings. The van der Waals surface area contributed by atoms with E-state index < -0.39 is 0 Å². The minimum absolute atomic E-state index is 0. The first-order valence-corrected chi connectivity index (χ1v) is 10.9. The Morgan fingerprint density at radius 1 is 1.14 bits per heavy atom. The molecule has 5 rings (SSSR count). The first kappa shape index (κ1) is 19.8. The Balaban J connectivity index is 0.00000192. The predicted molar refractivity (Wildman–Crippen MR) is 114 cm³/mol. The number of rotatable bonds is 3. The van der Waals surface area contributed by atoms with Crippen LogP contribution in [0.3, 0.4) is 0 Å². The number of aromatic nitrogens is 2. The van der Waals surface area contributed by atoms with Gasteiger partial charge in [0.15, 0.2) is 0 Å². The average molecular weight is 423 g/mol. The third-order valence-corrected chi connectivity index (χ3v) is 7.01. The standard InChI is InChI=1S/C19H26N6OS.ClH/c26-19(24-8-3-14(12-24)23-9-5-20-6-10-23)16-2-1-7-25(16)17-15-4-11-27-18(15)22-13-21-17;/h4,11,13-14,16,20H,1-3,5-10,12H2;1H. The van der Waals surface area contributed by atoms with Crippen molar-refractivity contribution >= 4 is 45.7 Å². The van der Waals surface area contributed by atoms with Gasteiger partial charge in [-0.05, 0) is 30.7 Å². The van der Waals surface area contributed by atoms with Crippen molar-refractivity contribution in [2.75, 3.05) is 50.7 Å². The summed E-state index contributed by atoms with van der Waals surface area (Å²) in [6.07, 6.45) is 4.69. The van der Waals surface area contributed by atoms with Crippen molar-refractivity contribution in [3.63, 3.8) is 0 Å². The van der Waals surface area contributed by atoms with Crippen LogP contribution in [0.15, 0.2) is 17.8 Å². The van der Waals surface area contributed by atoms with Gasteiger partial charge in [0.05, 0.1) is 5.39 Å². The molecular weight excluding hydrogens is 396 g/mol. The van der Waals surface area contributed by atoms with Crippen LogP contribution in [0.25, 0.3) is 10.2 Å². The summed E-state index contributed by atoms with van der Waals surface area (Å²) in [5.41, 5.74) is 0. The number of thiophene rings is 1. The summed E-state index contributed by atoms with van der Waals surface area (Å²) >= 11 is 1.63. The molecule has 0 bridgehead atoms. The summed E-state index contributed by atoms with van der Waals surface area (Å²) in [6, 6.07) is 2.52. The quantitative estimate of drug-likeness (QED) is 0.810. The molecule has 2 aromatic rings. The molecule has 0 saturated carbocycles. The van der Waals surface area contributed by atoms with Gasteiger partial charge < -0.3 is 15.1 Å². The van der Waals surface area contributed by atoms with Crippen molar-refractivity contribution in [2.24, 2.45) is 0 Å². The number of hydrogen-bond acceptors (Lipinski definition) is 7. The number of hydrogen-bond donors (Lipinski definition) is 1. The van der Waals surface area contributed by atoms with Crippen molar-refractivity contribution in [1.82, 2.24) is 25.1 Å². The van der Waals surface area contributed by atoms with Crippen LogP contribution in [0.4, 0.5) is 5.82 Å². The highest BCUT2D eigenvalue weighted by molar-refractivity contribution is 7.16. The molecule has 0 aromatic carbocycles. The Morgan fingerprint density at radius 2 is 2.00 bits per heavy atom. The molecule has 28 heavy (non-hydrogen) atoms. The molecule has 5 heterocycles. The second-order valence-corrected chi connectivity index (χ2v) is 8.60. The summed E-state index contributed by atoms with van der Waals surface area (Å²) < 4.78 is 0. The molecule has 3 saturated heterocycles. The lowest BCUT2D eigenvalue weighted by Gasteiger charge is -2.33. The number of fused-ring (bicyclic) bond motifs is 1. The number of halogens is 1. The number of nitrogens with zero attached hydrogens (tertiary/aromatic N) is 5. The molecule has 0 radical (unpaired) electrons. The zero-order chi connectivity index (χ0) is 18.2. The van der Waals surface area contributed by atoms with Gasteiger partial charge in [0, 0.05) is 51.9 Å². The fourth-order valence-corrected chi connectivity index (χ4v) is 5.51. The van der Waals surface area contributed by atoms with Crippen LogP contribution in [0.5, 0.6) is 0 Å². The van der Waals surface area contributed by atoms with E-state index in [1.807, 2.05) is 5.38 Å². The van der Waals surface area contributed by atoms with Crippen LogP contribution in [0.1, 0.15) is 19.3 Å². The Kier molecular flexibility index (Phi) is 6.01. The lowest BCUT2D eigenvalue weighted by atomic mass is 10.2. The van der Waals surface area contributed by atoms with E-state index in [-0.39, 0.29) is 24.4 Å². The zero-order valence-electron chi connectivity index (χ0n) is 15.9. The highest BCUT2D eigenvalue weighted by atomic mass is 35.5. The van der Waals surface area contributed by atoms with Crippen molar-refractivity contribution in [2.45, 2.75) is 31.3 Å². The van der Waals surface area contributed by atoms with Gasteiger partial charge in [0.25, 0.3) is 0 Å². The van der Waals surface area contributed by atoms with E-state index in [4.69, 9.17) is 0 Å². The number of carbonyl (C=O) groups excluding carboxylic acids is 1. The van der Waals surface area contributed by atoms with Gasteiger partial charge in [0.1, 0.15) is 23.0 Å². The van der Waals surface area contributed by atoms with Crippen molar-refractivity contribution in [3.8, 4) is 0 Å². The smallest absolute Gasteiger partial charge is 0.245 e. The Morgan fingerprint density at radius 3 is 2.86 bits per heavy atom. The van der Waals surface area contributed by atoms with E-state index in [2.05, 4.69) is 36.1 Å². The highest BCUT2D eigenvalue weighted by Gasteiger charge is 2.39. The maximum absolute atomic E-state index is 13.3. The molecule has 2 atom stereocenters. The Bertz CT molecular complexity index is 826. The Hall–Kier alpha value is -1.48. The second kappa shape index (κ2) is 8.49. The van der Waals surface area contributed by atoms with Gasteiger partial charge in [-0.1, -0.05) is 0 Å². The summed E-state index contributed by atoms with van der Waals surface area (Å²) in [5, 5.41) is 6.53. The summed E-state index contributed by atoms with van der Waals surface area (Å²) in [4.78, 5) is 30.1. The number of nitrogens with one attached hydrogen (secondary N) is 1. The molecule has 152 valence electrons. The maximum Gasteiger partial charge on any atom is 0.245 e. The maximum atomic E-state index is 13.3. The largest absolute Gasteiger partial charge is 0.344 e. The van der Waals surface area contributed by atoms with Crippen LogP contribution in [-0.2, 0) is 4.79 Å². The molecule has 0 aliphatic carbocycles. The van der Waals surface area contributed by atoms with Crippen molar-refractivity contribution < 1.29 is 4.79 Å². The average Bonchev–Trinajstić information content (AvgIpc) is 3.48. The molecule has 3 fully saturated rings. The molecule has 9 heteroatoms. The van der Waals surface area contributed by atoms with Gasteiger partial charge >= 0.3 is 0 Å². The van der Waals surface area contributed by atoms with Crippen molar-refractivity contribution in [3.05, 3.63) is 17.8 Å². The second-order valence-electron chi connectivity index (χ2n) is 7.70. The summed E-state index contributed by atoms with van der Waals surface area (Å²) in [7, 11) is 0. The Labute approximate surface area is 175 Å². The SMILES string of the molecule is Cl.O=C(C1CCCN1c1ncnc2sccc12)N1CCC(N2CCNCC2)C1. The van der Waals surface area contributed by atoms with Gasteiger partial charge in [-0.25, -0.2) is 9.97 Å². The van der Waals surface area contributed by atoms with Gasteiger partial charge in [-0.3, -0.25) is 9.69 Å². The molecule has 0 spiro atoms. The van der Waals surface area contributed by atoms with E-state index in [9.17, 15) is 4.79 Å². The van der Waals surface area contributed by atoms with Crippen LogP contribution in [-0.4, -0.2) is 83.6 Å². The van der Waals surface area contributed by atoms with Gasteiger partial charge in [-0.15, -0.1) is 23.7 Å². The fourth-order valence-electron chi connectivity index (χ4n) is 4.78. The number of likely N-dealkylation sites (tertiary alicyclic amines) is 1. The lowest BCUT2D eigenvalue weighted by molar-refractivity contribution is -0.131. The van der Waals surface area contributed by atoms with Crippen molar-refractivity contribution in [1.29, 1.82) is 0 Å². The van der Waals surface area contributed by atoms with Crippen LogP contribution < -0.4 is 10.2 Å². The zero-order valence-corrected chi connectivity index (χ0v) is 17.6. The fraction of sp³-hybridized carbons (Fsp3) is 0.632. The predicted octanol–water partition coefficient (Wildman–Crippen LogP) is 1.59. The van der Waals surface area contributed by atoms with Gasteiger partial charge in [0.2, 0.25) is 5.91 Å². The topological polar surface area (TPSA) is 64.6 Å². The molecule has 1 N–H and O–H groups in total. The molecule has 2 unspecified atom stereocenters. The van der Waals surface area contributed by atoms with Crippen LogP contribution in [0, 0.1) is 0 Å². The summed E-state index contributed by atoms with van der Waals surface area (Å²) in [6.45, 7) is 6.97. The van der Waals surface area contributed by atoms with E-state index in [1.54, 1.807) is 17.7 Å². The van der Waals surface area contributed by atoms with E-state index in [1.165, 1.54) is 0 Å². The molecule has 3 aliphatic heterocycles. The first-order chi connectivity index (χ1) is 13.3. The molecule has 1 amide bonds. The molecule has 7 nitrogen and oxygen atoms in total. The lowest BCUT2D eigenvalue weighted by Crippen LogP contribution is -2.50. The normalized spacial score (nSPS) is 26.0. The number of carbonyl (C=O) groups is 1. The van der Waals surface area contributed by atoms with E-state index in [0.717, 1.165) is 81.1 Å². The highest BCUT2D eigenvalue weighted by Crippen LogP contribution is 2.33. The third kappa shape index (κ3) is 3.58. The van der Waals surface area contributed by atoms with Crippen LogP contribution in [0.2, 0.25) is 0 Å². The number of piperazine rings is 1. The van der Waals surface area contributed by atoms with Gasteiger partial charge in [-0.2, -0.15) is 0 Å². The minimum Gasteiger partial charge on any atom is -0.344 e. The number of amides is 1.